The molecule has 1 aromatic rings. The molecule has 0 aliphatic carbocycles. The van der Waals surface area contributed by atoms with Crippen LogP contribution in [0.3, 0.4) is 0 Å². The molecular formula is C14H18N2O2S2. The number of benzene rings is 1. The molecule has 0 amide bonds. The lowest BCUT2D eigenvalue weighted by Gasteiger charge is -2.20. The Hall–Kier alpha value is -1.01. The number of fused-ring (bicyclic) bond motifs is 1. The molecule has 4 nitrogen and oxygen atoms in total. The van der Waals surface area contributed by atoms with E-state index in [1.165, 1.54) is 11.1 Å². The van der Waals surface area contributed by atoms with Crippen LogP contribution in [-0.2, 0) is 15.6 Å². The van der Waals surface area contributed by atoms with Gasteiger partial charge in [-0.15, -0.1) is 0 Å². The fraction of sp³-hybridized carbons (Fsp3) is 0.500. The van der Waals surface area contributed by atoms with E-state index in [0.29, 0.717) is 0 Å². The highest BCUT2D eigenvalue weighted by atomic mass is 32.2. The van der Waals surface area contributed by atoms with Crippen molar-refractivity contribution in [1.29, 1.82) is 0 Å². The highest BCUT2D eigenvalue weighted by molar-refractivity contribution is 8.13. The van der Waals surface area contributed by atoms with Crippen molar-refractivity contribution in [3.8, 4) is 0 Å². The molecular weight excluding hydrogens is 292 g/mol. The quantitative estimate of drug-likeness (QED) is 0.834. The summed E-state index contributed by atoms with van der Waals surface area (Å²) in [4.78, 5) is 6.63. The largest absolute Gasteiger partial charge is 0.348 e. The third-order valence-electron chi connectivity index (χ3n) is 3.82. The van der Waals surface area contributed by atoms with Crippen LogP contribution in [-0.4, -0.2) is 49.1 Å². The molecule has 0 saturated carbocycles. The number of rotatable bonds is 2. The summed E-state index contributed by atoms with van der Waals surface area (Å²) in [5, 5.41) is 0.969. The summed E-state index contributed by atoms with van der Waals surface area (Å²) >= 11 is 1.69. The number of aliphatic imine (C=N–C) groups is 1. The predicted octanol–water partition coefficient (Wildman–Crippen LogP) is 1.70. The van der Waals surface area contributed by atoms with E-state index in [1.54, 1.807) is 11.8 Å². The molecule has 1 fully saturated rings. The van der Waals surface area contributed by atoms with Gasteiger partial charge >= 0.3 is 0 Å². The molecule has 0 radical (unpaired) electrons. The zero-order chi connectivity index (χ0) is 14.3. The molecule has 0 aromatic heterocycles. The van der Waals surface area contributed by atoms with Gasteiger partial charge in [-0.3, -0.25) is 4.99 Å². The number of aryl methyl sites for hydroxylation is 1. The van der Waals surface area contributed by atoms with Crippen molar-refractivity contribution in [2.24, 2.45) is 4.99 Å². The van der Waals surface area contributed by atoms with E-state index < -0.39 is 9.84 Å². The van der Waals surface area contributed by atoms with Gasteiger partial charge in [-0.1, -0.05) is 41.6 Å². The van der Waals surface area contributed by atoms with Crippen LogP contribution in [0.4, 0.5) is 0 Å². The highest BCUT2D eigenvalue weighted by Gasteiger charge is 2.44. The maximum Gasteiger partial charge on any atom is 0.159 e. The fourth-order valence-electron chi connectivity index (χ4n) is 2.77. The molecule has 1 saturated heterocycles. The van der Waals surface area contributed by atoms with Gasteiger partial charge in [0.25, 0.3) is 0 Å². The van der Waals surface area contributed by atoms with Gasteiger partial charge in [-0.2, -0.15) is 0 Å². The van der Waals surface area contributed by atoms with E-state index in [9.17, 15) is 8.42 Å². The molecule has 3 rings (SSSR count). The van der Waals surface area contributed by atoms with Gasteiger partial charge in [0, 0.05) is 12.8 Å². The van der Waals surface area contributed by atoms with E-state index >= 15 is 0 Å². The Morgan fingerprint density at radius 1 is 1.40 bits per heavy atom. The van der Waals surface area contributed by atoms with Crippen LogP contribution >= 0.6 is 11.8 Å². The first-order valence-electron chi connectivity index (χ1n) is 6.64. The van der Waals surface area contributed by atoms with E-state index in [1.807, 2.05) is 11.9 Å². The average molecular weight is 310 g/mol. The Labute approximate surface area is 124 Å². The summed E-state index contributed by atoms with van der Waals surface area (Å²) in [7, 11) is -0.941. The van der Waals surface area contributed by atoms with Gasteiger partial charge in [0.2, 0.25) is 0 Å². The maximum atomic E-state index is 11.6. The molecule has 1 aromatic carbocycles. The van der Waals surface area contributed by atoms with Gasteiger partial charge in [0.15, 0.2) is 15.0 Å². The van der Waals surface area contributed by atoms with Gasteiger partial charge in [-0.25, -0.2) is 8.42 Å². The lowest BCUT2D eigenvalue weighted by Crippen LogP contribution is -2.35. The topological polar surface area (TPSA) is 49.7 Å². The zero-order valence-electron chi connectivity index (χ0n) is 11.6. The number of hydrogen-bond donors (Lipinski definition) is 0. The summed E-state index contributed by atoms with van der Waals surface area (Å²) in [6, 6.07) is 8.41. The average Bonchev–Trinajstić information content (AvgIpc) is 2.81. The monoisotopic (exact) mass is 310 g/mol. The van der Waals surface area contributed by atoms with E-state index in [0.717, 1.165) is 10.9 Å². The predicted molar refractivity (Wildman–Crippen MR) is 83.9 cm³/mol. The Balaban J connectivity index is 1.68. The third kappa shape index (κ3) is 2.72. The van der Waals surface area contributed by atoms with Gasteiger partial charge in [-0.05, 0) is 12.5 Å². The molecule has 0 bridgehead atoms. The van der Waals surface area contributed by atoms with Crippen LogP contribution in [0.5, 0.6) is 0 Å². The lowest BCUT2D eigenvalue weighted by atomic mass is 10.2. The number of nitrogens with zero attached hydrogens (tertiary/aromatic N) is 2. The van der Waals surface area contributed by atoms with Crippen LogP contribution < -0.4 is 0 Å². The molecule has 0 unspecified atom stereocenters. The summed E-state index contributed by atoms with van der Waals surface area (Å²) < 4.78 is 23.2. The Morgan fingerprint density at radius 2 is 2.20 bits per heavy atom. The van der Waals surface area contributed by atoms with Crippen molar-refractivity contribution >= 4 is 26.8 Å². The van der Waals surface area contributed by atoms with Gasteiger partial charge in [0.1, 0.15) is 0 Å². The van der Waals surface area contributed by atoms with Crippen molar-refractivity contribution in [1.82, 2.24) is 4.90 Å². The molecule has 2 atom stereocenters. The van der Waals surface area contributed by atoms with Gasteiger partial charge < -0.3 is 4.90 Å². The number of thioether (sulfide) groups is 1. The smallest absolute Gasteiger partial charge is 0.159 e. The molecule has 2 heterocycles. The zero-order valence-corrected chi connectivity index (χ0v) is 13.2. The molecule has 2 aliphatic rings. The second-order valence-corrected chi connectivity index (χ2v) is 8.61. The van der Waals surface area contributed by atoms with Crippen molar-refractivity contribution in [2.45, 2.75) is 24.8 Å². The first-order chi connectivity index (χ1) is 9.44. The van der Waals surface area contributed by atoms with E-state index in [2.05, 4.69) is 36.2 Å². The first kappa shape index (κ1) is 13.9. The number of amidine groups is 1. The normalized spacial score (nSPS) is 27.5. The second-order valence-electron chi connectivity index (χ2n) is 5.51. The Kier molecular flexibility index (Phi) is 3.54. The van der Waals surface area contributed by atoms with E-state index in [4.69, 9.17) is 0 Å². The number of hydrogen-bond acceptors (Lipinski definition) is 5. The fourth-order valence-corrected chi connectivity index (χ4v) is 5.71. The molecule has 2 aliphatic heterocycles. The summed E-state index contributed by atoms with van der Waals surface area (Å²) in [6.45, 7) is 2.09. The maximum absolute atomic E-state index is 11.6. The molecule has 108 valence electrons. The molecule has 0 spiro atoms. The van der Waals surface area contributed by atoms with Crippen LogP contribution in [0.15, 0.2) is 29.3 Å². The molecule has 6 heteroatoms. The van der Waals surface area contributed by atoms with Crippen molar-refractivity contribution in [3.05, 3.63) is 35.4 Å². The number of sulfone groups is 1. The molecule has 20 heavy (non-hydrogen) atoms. The summed E-state index contributed by atoms with van der Waals surface area (Å²) in [5.41, 5.74) is 2.53. The summed E-state index contributed by atoms with van der Waals surface area (Å²) in [5.74, 6) is 1.32. The standard InChI is InChI=1S/C14H18N2O2S2/c1-10-4-3-5-11(6-10)7-19-14-15-12-8-20(17,18)9-13(12)16(14)2/h3-6,12-13H,7-9H2,1-2H3/t12-,13-/m1/s1. The minimum Gasteiger partial charge on any atom is -0.348 e. The Bertz CT molecular complexity index is 655. The lowest BCUT2D eigenvalue weighted by molar-refractivity contribution is 0.410. The molecule has 0 N–H and O–H groups in total. The third-order valence-corrected chi connectivity index (χ3v) is 6.65. The van der Waals surface area contributed by atoms with Crippen LogP contribution in [0, 0.1) is 6.92 Å². The minimum atomic E-state index is -2.89. The SMILES string of the molecule is Cc1cccc(CSC2=N[C@@H]3CS(=O)(=O)C[C@H]3N2C)c1. The van der Waals surface area contributed by atoms with Crippen molar-refractivity contribution < 1.29 is 8.42 Å². The highest BCUT2D eigenvalue weighted by Crippen LogP contribution is 2.30. The minimum absolute atomic E-state index is 0.0417. The summed E-state index contributed by atoms with van der Waals surface area (Å²) in [6.07, 6.45) is 0. The van der Waals surface area contributed by atoms with Crippen LogP contribution in [0.1, 0.15) is 11.1 Å². The van der Waals surface area contributed by atoms with Crippen LogP contribution in [0.25, 0.3) is 0 Å². The van der Waals surface area contributed by atoms with E-state index in [-0.39, 0.29) is 23.6 Å². The van der Waals surface area contributed by atoms with Crippen molar-refractivity contribution in [2.75, 3.05) is 18.6 Å². The van der Waals surface area contributed by atoms with Crippen molar-refractivity contribution in [3.63, 3.8) is 0 Å². The number of likely N-dealkylation sites (N-methyl/N-ethyl adjacent to an activating group) is 1. The first-order valence-corrected chi connectivity index (χ1v) is 9.45. The Morgan fingerprint density at radius 3 is 2.90 bits per heavy atom. The van der Waals surface area contributed by atoms with Gasteiger partial charge in [0.05, 0.1) is 23.6 Å². The second kappa shape index (κ2) is 5.07. The van der Waals surface area contributed by atoms with Crippen LogP contribution in [0.2, 0.25) is 0 Å².